The quantitative estimate of drug-likeness (QED) is 0.234. The molecule has 4 rings (SSSR count). The van der Waals surface area contributed by atoms with Gasteiger partial charge in [-0.1, -0.05) is 47.7 Å². The lowest BCUT2D eigenvalue weighted by atomic mass is 10.1. The summed E-state index contributed by atoms with van der Waals surface area (Å²) in [5.41, 5.74) is 4.66. The first-order valence-electron chi connectivity index (χ1n) is 12.2. The molecule has 0 atom stereocenters. The Labute approximate surface area is 216 Å². The molecule has 188 valence electrons. The Morgan fingerprint density at radius 1 is 0.889 bits per heavy atom. The number of anilines is 1. The van der Waals surface area contributed by atoms with Gasteiger partial charge >= 0.3 is 0 Å². The summed E-state index contributed by atoms with van der Waals surface area (Å²) < 4.78 is 18.6. The minimum Gasteiger partial charge on any atom is -0.490 e. The van der Waals surface area contributed by atoms with Gasteiger partial charge in [-0.25, -0.2) is 4.98 Å². The van der Waals surface area contributed by atoms with Crippen molar-refractivity contribution in [3.05, 3.63) is 76.9 Å². The van der Waals surface area contributed by atoms with Gasteiger partial charge < -0.3 is 14.2 Å². The van der Waals surface area contributed by atoms with Crippen LogP contribution in [0.4, 0.5) is 5.13 Å². The molecule has 0 saturated carbocycles. The minimum atomic E-state index is -0.183. The van der Waals surface area contributed by atoms with Crippen molar-refractivity contribution in [1.29, 1.82) is 0 Å². The van der Waals surface area contributed by atoms with Crippen LogP contribution in [0.1, 0.15) is 47.8 Å². The first kappa shape index (κ1) is 25.5. The predicted octanol–water partition coefficient (Wildman–Crippen LogP) is 6.96. The smallest absolute Gasteiger partial charge is 0.260 e. The third kappa shape index (κ3) is 5.46. The second-order valence-electron chi connectivity index (χ2n) is 8.40. The lowest BCUT2D eigenvalue weighted by Crippen LogP contribution is -2.30. The number of carbonyl (C=O) groups is 1. The molecular formula is C29H32N2O4S. The molecule has 0 unspecified atom stereocenters. The third-order valence-corrected chi connectivity index (χ3v) is 6.85. The fourth-order valence-corrected chi connectivity index (χ4v) is 5.15. The number of amides is 1. The molecule has 4 aromatic rings. The van der Waals surface area contributed by atoms with Crippen LogP contribution in [-0.4, -0.2) is 30.7 Å². The van der Waals surface area contributed by atoms with E-state index < -0.39 is 0 Å². The highest BCUT2D eigenvalue weighted by Crippen LogP contribution is 2.40. The summed E-state index contributed by atoms with van der Waals surface area (Å²) in [7, 11) is 0. The Balaban J connectivity index is 1.83. The second kappa shape index (κ2) is 11.4. The van der Waals surface area contributed by atoms with Crippen LogP contribution in [0.5, 0.6) is 17.2 Å². The van der Waals surface area contributed by atoms with Crippen molar-refractivity contribution >= 4 is 32.6 Å². The molecule has 3 aromatic carbocycles. The van der Waals surface area contributed by atoms with Gasteiger partial charge in [-0.2, -0.15) is 0 Å². The van der Waals surface area contributed by atoms with Crippen LogP contribution in [0, 0.1) is 13.8 Å². The molecule has 0 bridgehead atoms. The summed E-state index contributed by atoms with van der Waals surface area (Å²) in [4.78, 5) is 20.7. The number of rotatable bonds is 10. The van der Waals surface area contributed by atoms with Crippen molar-refractivity contribution in [2.45, 2.75) is 41.2 Å². The largest absolute Gasteiger partial charge is 0.490 e. The highest BCUT2D eigenvalue weighted by molar-refractivity contribution is 7.22. The minimum absolute atomic E-state index is 0.183. The predicted molar refractivity (Wildman–Crippen MR) is 146 cm³/mol. The van der Waals surface area contributed by atoms with Crippen molar-refractivity contribution in [2.75, 3.05) is 24.7 Å². The SMILES string of the molecule is CCOc1cc(C(=O)N(Cc2ccccc2)c2nc3cc(C)cc(C)c3s2)cc(OCC)c1OCC. The number of carbonyl (C=O) groups excluding carboxylic acids is 1. The average molecular weight is 505 g/mol. The van der Waals surface area contributed by atoms with Gasteiger partial charge in [0.1, 0.15) is 0 Å². The van der Waals surface area contributed by atoms with Gasteiger partial charge in [-0.3, -0.25) is 9.69 Å². The van der Waals surface area contributed by atoms with E-state index in [1.165, 1.54) is 11.3 Å². The van der Waals surface area contributed by atoms with Gasteiger partial charge in [0.25, 0.3) is 5.91 Å². The van der Waals surface area contributed by atoms with Crippen molar-refractivity contribution < 1.29 is 19.0 Å². The maximum absolute atomic E-state index is 14.1. The van der Waals surface area contributed by atoms with Crippen LogP contribution in [-0.2, 0) is 6.54 Å². The van der Waals surface area contributed by atoms with Crippen molar-refractivity contribution in [3.8, 4) is 17.2 Å². The third-order valence-electron chi connectivity index (χ3n) is 5.62. The second-order valence-corrected chi connectivity index (χ2v) is 9.38. The zero-order chi connectivity index (χ0) is 25.7. The van der Waals surface area contributed by atoms with Gasteiger partial charge in [-0.15, -0.1) is 0 Å². The van der Waals surface area contributed by atoms with Gasteiger partial charge in [0.15, 0.2) is 16.6 Å². The zero-order valence-corrected chi connectivity index (χ0v) is 22.3. The lowest BCUT2D eigenvalue weighted by molar-refractivity contribution is 0.0984. The van der Waals surface area contributed by atoms with Crippen LogP contribution in [0.15, 0.2) is 54.6 Å². The van der Waals surface area contributed by atoms with E-state index in [4.69, 9.17) is 19.2 Å². The highest BCUT2D eigenvalue weighted by Gasteiger charge is 2.26. The van der Waals surface area contributed by atoms with Crippen LogP contribution in [0.25, 0.3) is 10.2 Å². The Hall–Kier alpha value is -3.58. The van der Waals surface area contributed by atoms with Crippen LogP contribution in [0.2, 0.25) is 0 Å². The van der Waals surface area contributed by atoms with E-state index in [-0.39, 0.29) is 5.91 Å². The lowest BCUT2D eigenvalue weighted by Gasteiger charge is -2.22. The summed E-state index contributed by atoms with van der Waals surface area (Å²) in [6.45, 7) is 11.6. The molecule has 0 aliphatic rings. The van der Waals surface area contributed by atoms with E-state index in [0.717, 1.165) is 26.9 Å². The zero-order valence-electron chi connectivity index (χ0n) is 21.5. The van der Waals surface area contributed by atoms with Gasteiger partial charge in [-0.05, 0) is 69.5 Å². The number of fused-ring (bicyclic) bond motifs is 1. The van der Waals surface area contributed by atoms with Crippen molar-refractivity contribution in [1.82, 2.24) is 4.98 Å². The maximum atomic E-state index is 14.1. The van der Waals surface area contributed by atoms with Crippen LogP contribution in [0.3, 0.4) is 0 Å². The maximum Gasteiger partial charge on any atom is 0.260 e. The average Bonchev–Trinajstić information content (AvgIpc) is 3.29. The normalized spacial score (nSPS) is 10.9. The van der Waals surface area contributed by atoms with Gasteiger partial charge in [0.05, 0.1) is 36.6 Å². The molecular weight excluding hydrogens is 472 g/mol. The van der Waals surface area contributed by atoms with E-state index in [9.17, 15) is 4.79 Å². The molecule has 6 nitrogen and oxygen atoms in total. The van der Waals surface area contributed by atoms with Crippen LogP contribution >= 0.6 is 11.3 Å². The first-order valence-corrected chi connectivity index (χ1v) is 13.1. The molecule has 0 spiro atoms. The van der Waals surface area contributed by atoms with E-state index in [2.05, 4.69) is 26.0 Å². The summed E-state index contributed by atoms with van der Waals surface area (Å²) in [6, 6.07) is 17.6. The molecule has 0 radical (unpaired) electrons. The van der Waals surface area contributed by atoms with Gasteiger partial charge in [0, 0.05) is 5.56 Å². The number of nitrogens with zero attached hydrogens (tertiary/aromatic N) is 2. The summed E-state index contributed by atoms with van der Waals surface area (Å²) in [6.07, 6.45) is 0. The molecule has 7 heteroatoms. The fourth-order valence-electron chi connectivity index (χ4n) is 4.14. The molecule has 1 amide bonds. The Morgan fingerprint density at radius 3 is 2.14 bits per heavy atom. The summed E-state index contributed by atoms with van der Waals surface area (Å²) in [5, 5.41) is 0.650. The van der Waals surface area contributed by atoms with Crippen molar-refractivity contribution in [3.63, 3.8) is 0 Å². The number of benzene rings is 3. The van der Waals surface area contributed by atoms with E-state index in [0.29, 0.717) is 54.3 Å². The topological polar surface area (TPSA) is 60.9 Å². The molecule has 0 aliphatic carbocycles. The highest BCUT2D eigenvalue weighted by atomic mass is 32.1. The molecule has 0 N–H and O–H groups in total. The number of aryl methyl sites for hydroxylation is 2. The molecule has 0 aliphatic heterocycles. The number of thiazole rings is 1. The van der Waals surface area contributed by atoms with Crippen molar-refractivity contribution in [2.24, 2.45) is 0 Å². The number of hydrogen-bond acceptors (Lipinski definition) is 6. The molecule has 0 fully saturated rings. The Kier molecular flexibility index (Phi) is 8.10. The number of aromatic nitrogens is 1. The summed E-state index contributed by atoms with van der Waals surface area (Å²) in [5.74, 6) is 1.31. The molecule has 36 heavy (non-hydrogen) atoms. The Morgan fingerprint density at radius 2 is 1.53 bits per heavy atom. The monoisotopic (exact) mass is 504 g/mol. The Bertz CT molecular complexity index is 1320. The van der Waals surface area contributed by atoms with E-state index in [1.807, 2.05) is 51.1 Å². The fraction of sp³-hybridized carbons (Fsp3) is 0.310. The first-order chi connectivity index (χ1) is 17.4. The number of hydrogen-bond donors (Lipinski definition) is 0. The molecule has 1 heterocycles. The standard InChI is InChI=1S/C29H32N2O4S/c1-6-33-24-16-22(17-25(34-7-2)26(24)35-8-3)28(32)31(18-21-12-10-9-11-13-21)29-30-23-15-19(4)14-20(5)27(23)36-29/h9-17H,6-8,18H2,1-5H3. The summed E-state index contributed by atoms with van der Waals surface area (Å²) >= 11 is 1.53. The molecule has 0 saturated heterocycles. The molecule has 1 aromatic heterocycles. The van der Waals surface area contributed by atoms with Gasteiger partial charge in [0.2, 0.25) is 5.75 Å². The van der Waals surface area contributed by atoms with E-state index >= 15 is 0 Å². The number of ether oxygens (including phenoxy) is 3. The van der Waals surface area contributed by atoms with Crippen LogP contribution < -0.4 is 19.1 Å². The van der Waals surface area contributed by atoms with E-state index in [1.54, 1.807) is 17.0 Å².